The van der Waals surface area contributed by atoms with Gasteiger partial charge in [0, 0.05) is 13.1 Å². The van der Waals surface area contributed by atoms with Gasteiger partial charge in [-0.2, -0.15) is 0 Å². The zero-order chi connectivity index (χ0) is 23.0. The van der Waals surface area contributed by atoms with Crippen molar-refractivity contribution in [1.82, 2.24) is 4.90 Å². The minimum atomic E-state index is -0.974. The Labute approximate surface area is 185 Å². The lowest BCUT2D eigenvalue weighted by atomic mass is 10.1. The van der Waals surface area contributed by atoms with E-state index in [1.54, 1.807) is 11.0 Å². The van der Waals surface area contributed by atoms with E-state index in [4.69, 9.17) is 9.47 Å². The van der Waals surface area contributed by atoms with Gasteiger partial charge < -0.3 is 14.4 Å². The van der Waals surface area contributed by atoms with Crippen molar-refractivity contribution in [1.29, 1.82) is 0 Å². The third-order valence-corrected chi connectivity index (χ3v) is 5.68. The number of nitrogens with zero attached hydrogens (tertiary/aromatic N) is 2. The van der Waals surface area contributed by atoms with Gasteiger partial charge in [-0.15, -0.1) is 0 Å². The number of anilines is 1. The maximum Gasteiger partial charge on any atom is 0.338 e. The van der Waals surface area contributed by atoms with Crippen LogP contribution in [0.4, 0.5) is 5.69 Å². The number of morpholine rings is 1. The molecule has 2 aromatic carbocycles. The Morgan fingerprint density at radius 3 is 2.38 bits per heavy atom. The standard InChI is InChI=1S/C24H24N2O6/c1-14-4-5-15(2)20(12-14)26-22(28)18-7-6-17(13-19(18)23(26)29)24(30)32-16(3)21(27)25-8-10-31-11-9-25/h4-7,12-13,16H,8-11H2,1-3H3. The van der Waals surface area contributed by atoms with Crippen LogP contribution in [0.3, 0.4) is 0 Å². The van der Waals surface area contributed by atoms with Crippen molar-refractivity contribution in [3.05, 3.63) is 64.2 Å². The van der Waals surface area contributed by atoms with Crippen LogP contribution < -0.4 is 4.90 Å². The summed E-state index contributed by atoms with van der Waals surface area (Å²) < 4.78 is 10.6. The Kier molecular flexibility index (Phi) is 5.80. The minimum absolute atomic E-state index is 0.106. The smallest absolute Gasteiger partial charge is 0.338 e. The lowest BCUT2D eigenvalue weighted by molar-refractivity contribution is -0.143. The van der Waals surface area contributed by atoms with E-state index < -0.39 is 23.9 Å². The topological polar surface area (TPSA) is 93.2 Å². The highest BCUT2D eigenvalue weighted by atomic mass is 16.5. The van der Waals surface area contributed by atoms with Gasteiger partial charge in [-0.05, 0) is 56.2 Å². The van der Waals surface area contributed by atoms with Gasteiger partial charge in [0.1, 0.15) is 0 Å². The second-order valence-electron chi connectivity index (χ2n) is 7.98. The van der Waals surface area contributed by atoms with Gasteiger partial charge in [0.15, 0.2) is 6.10 Å². The van der Waals surface area contributed by atoms with Crippen molar-refractivity contribution >= 4 is 29.4 Å². The number of fused-ring (bicyclic) bond motifs is 1. The monoisotopic (exact) mass is 436 g/mol. The van der Waals surface area contributed by atoms with Crippen LogP contribution >= 0.6 is 0 Å². The number of rotatable bonds is 4. The number of carbonyl (C=O) groups is 4. The van der Waals surface area contributed by atoms with Crippen LogP contribution in [0.2, 0.25) is 0 Å². The summed E-state index contributed by atoms with van der Waals surface area (Å²) in [6.45, 7) is 7.02. The Morgan fingerprint density at radius 2 is 1.66 bits per heavy atom. The average Bonchev–Trinajstić information content (AvgIpc) is 3.04. The van der Waals surface area contributed by atoms with Crippen molar-refractivity contribution < 1.29 is 28.7 Å². The first-order valence-electron chi connectivity index (χ1n) is 10.5. The van der Waals surface area contributed by atoms with Crippen LogP contribution in [-0.2, 0) is 14.3 Å². The molecule has 0 bridgehead atoms. The Hall–Kier alpha value is -3.52. The first-order chi connectivity index (χ1) is 15.3. The average molecular weight is 436 g/mol. The number of esters is 1. The second-order valence-corrected chi connectivity index (χ2v) is 7.98. The quantitative estimate of drug-likeness (QED) is 0.540. The maximum absolute atomic E-state index is 13.1. The minimum Gasteiger partial charge on any atom is -0.449 e. The molecule has 0 radical (unpaired) electrons. The third-order valence-electron chi connectivity index (χ3n) is 5.68. The molecule has 32 heavy (non-hydrogen) atoms. The lowest BCUT2D eigenvalue weighted by Gasteiger charge is -2.28. The number of imide groups is 1. The molecule has 4 rings (SSSR count). The molecular formula is C24H24N2O6. The van der Waals surface area contributed by atoms with Crippen molar-refractivity contribution in [3.63, 3.8) is 0 Å². The van der Waals surface area contributed by atoms with Gasteiger partial charge in [-0.25, -0.2) is 9.69 Å². The normalized spacial score (nSPS) is 16.7. The fourth-order valence-electron chi connectivity index (χ4n) is 3.87. The molecule has 0 saturated carbocycles. The largest absolute Gasteiger partial charge is 0.449 e. The number of hydrogen-bond donors (Lipinski definition) is 0. The van der Waals surface area contributed by atoms with Crippen molar-refractivity contribution in [2.45, 2.75) is 26.9 Å². The number of benzene rings is 2. The number of carbonyl (C=O) groups excluding carboxylic acids is 4. The molecule has 0 aromatic heterocycles. The van der Waals surface area contributed by atoms with E-state index in [0.717, 1.165) is 16.0 Å². The number of amides is 3. The molecule has 1 unspecified atom stereocenters. The number of hydrogen-bond acceptors (Lipinski definition) is 6. The molecular weight excluding hydrogens is 412 g/mol. The van der Waals surface area contributed by atoms with Crippen LogP contribution in [-0.4, -0.2) is 61.0 Å². The molecule has 2 heterocycles. The molecule has 166 valence electrons. The highest BCUT2D eigenvalue weighted by molar-refractivity contribution is 6.35. The molecule has 1 atom stereocenters. The summed E-state index contributed by atoms with van der Waals surface area (Å²) in [5.74, 6) is -1.96. The summed E-state index contributed by atoms with van der Waals surface area (Å²) in [6, 6.07) is 9.78. The zero-order valence-electron chi connectivity index (χ0n) is 18.2. The summed E-state index contributed by atoms with van der Waals surface area (Å²) in [4.78, 5) is 53.9. The van der Waals surface area contributed by atoms with Crippen LogP contribution in [0.15, 0.2) is 36.4 Å². The second kappa shape index (κ2) is 8.55. The van der Waals surface area contributed by atoms with Crippen LogP contribution in [0.25, 0.3) is 0 Å². The highest BCUT2D eigenvalue weighted by Gasteiger charge is 2.38. The predicted octanol–water partition coefficient (Wildman–Crippen LogP) is 2.51. The zero-order valence-corrected chi connectivity index (χ0v) is 18.2. The lowest BCUT2D eigenvalue weighted by Crippen LogP contribution is -2.46. The molecule has 2 aromatic rings. The van der Waals surface area contributed by atoms with Gasteiger partial charge >= 0.3 is 5.97 Å². The first kappa shape index (κ1) is 21.7. The van der Waals surface area contributed by atoms with Crippen LogP contribution in [0, 0.1) is 13.8 Å². The Bertz CT molecular complexity index is 1120. The summed E-state index contributed by atoms with van der Waals surface area (Å²) in [7, 11) is 0. The Morgan fingerprint density at radius 1 is 0.969 bits per heavy atom. The maximum atomic E-state index is 13.1. The Balaban J connectivity index is 1.54. The molecule has 1 saturated heterocycles. The molecule has 1 fully saturated rings. The fraction of sp³-hybridized carbons (Fsp3) is 0.333. The van der Waals surface area contributed by atoms with E-state index in [2.05, 4.69) is 0 Å². The van der Waals surface area contributed by atoms with Crippen molar-refractivity contribution in [2.75, 3.05) is 31.2 Å². The molecule has 2 aliphatic heterocycles. The molecule has 8 heteroatoms. The van der Waals surface area contributed by atoms with Crippen molar-refractivity contribution in [2.24, 2.45) is 0 Å². The van der Waals surface area contributed by atoms with Gasteiger partial charge in [0.05, 0.1) is 35.6 Å². The van der Waals surface area contributed by atoms with Gasteiger partial charge in [0.25, 0.3) is 17.7 Å². The molecule has 0 N–H and O–H groups in total. The summed E-state index contributed by atoms with van der Waals surface area (Å²) in [5, 5.41) is 0. The van der Waals surface area contributed by atoms with E-state index in [-0.39, 0.29) is 22.6 Å². The highest BCUT2D eigenvalue weighted by Crippen LogP contribution is 2.32. The SMILES string of the molecule is Cc1ccc(C)c(N2C(=O)c3ccc(C(=O)OC(C)C(=O)N4CCOCC4)cc3C2=O)c1. The number of ether oxygens (including phenoxy) is 2. The van der Waals surface area contributed by atoms with E-state index in [0.29, 0.717) is 32.0 Å². The predicted molar refractivity (Wildman–Crippen MR) is 116 cm³/mol. The number of aryl methyl sites for hydroxylation is 2. The molecule has 8 nitrogen and oxygen atoms in total. The molecule has 0 aliphatic carbocycles. The van der Waals surface area contributed by atoms with E-state index >= 15 is 0 Å². The molecule has 0 spiro atoms. The summed E-state index contributed by atoms with van der Waals surface area (Å²) in [5.41, 5.74) is 2.70. The summed E-state index contributed by atoms with van der Waals surface area (Å²) >= 11 is 0. The molecule has 3 amide bonds. The fourth-order valence-corrected chi connectivity index (χ4v) is 3.87. The third kappa shape index (κ3) is 3.89. The van der Waals surface area contributed by atoms with Crippen LogP contribution in [0.5, 0.6) is 0 Å². The summed E-state index contributed by atoms with van der Waals surface area (Å²) in [6.07, 6.45) is -0.974. The van der Waals surface area contributed by atoms with E-state index in [9.17, 15) is 19.2 Å². The van der Waals surface area contributed by atoms with Gasteiger partial charge in [-0.1, -0.05) is 12.1 Å². The first-order valence-corrected chi connectivity index (χ1v) is 10.5. The van der Waals surface area contributed by atoms with Crippen LogP contribution in [0.1, 0.15) is 49.1 Å². The van der Waals surface area contributed by atoms with Crippen molar-refractivity contribution in [3.8, 4) is 0 Å². The van der Waals surface area contributed by atoms with Gasteiger partial charge in [0.2, 0.25) is 0 Å². The van der Waals surface area contributed by atoms with E-state index in [1.165, 1.54) is 25.1 Å². The van der Waals surface area contributed by atoms with E-state index in [1.807, 2.05) is 26.0 Å². The molecule has 2 aliphatic rings. The van der Waals surface area contributed by atoms with Gasteiger partial charge in [-0.3, -0.25) is 14.4 Å².